The van der Waals surface area contributed by atoms with Gasteiger partial charge in [0.1, 0.15) is 0 Å². The average molecular weight is 435 g/mol. The van der Waals surface area contributed by atoms with Crippen LogP contribution in [0.25, 0.3) is 0 Å². The highest BCUT2D eigenvalue weighted by Gasteiger charge is 2.36. The molecule has 1 heterocycles. The second kappa shape index (κ2) is 11.3. The van der Waals surface area contributed by atoms with E-state index in [2.05, 4.69) is 12.1 Å². The molecule has 1 aromatic carbocycles. The predicted molar refractivity (Wildman–Crippen MR) is 122 cm³/mol. The highest BCUT2D eigenvalue weighted by molar-refractivity contribution is 6.30. The van der Waals surface area contributed by atoms with E-state index in [-0.39, 0.29) is 6.29 Å². The summed E-state index contributed by atoms with van der Waals surface area (Å²) in [6, 6.07) is 8.42. The van der Waals surface area contributed by atoms with Gasteiger partial charge in [-0.3, -0.25) is 0 Å². The van der Waals surface area contributed by atoms with Crippen LogP contribution < -0.4 is 0 Å². The number of benzene rings is 1. The molecule has 4 heteroatoms. The fourth-order valence-corrected chi connectivity index (χ4v) is 6.13. The van der Waals surface area contributed by atoms with Crippen molar-refractivity contribution >= 4 is 11.6 Å². The molecule has 1 aromatic rings. The Hall–Kier alpha value is -0.610. The maximum absolute atomic E-state index is 6.29. The number of halogens is 1. The van der Waals surface area contributed by atoms with Gasteiger partial charge in [0.05, 0.1) is 13.2 Å². The highest BCUT2D eigenvalue weighted by Crippen LogP contribution is 2.41. The van der Waals surface area contributed by atoms with Gasteiger partial charge in [0.15, 0.2) is 6.29 Å². The number of rotatable bonds is 7. The predicted octanol–water partition coefficient (Wildman–Crippen LogP) is 6.84. The van der Waals surface area contributed by atoms with Crippen LogP contribution in [0, 0.1) is 23.7 Å². The molecule has 0 bridgehead atoms. The van der Waals surface area contributed by atoms with E-state index in [4.69, 9.17) is 25.8 Å². The van der Waals surface area contributed by atoms with Crippen LogP contribution >= 0.6 is 11.6 Å². The molecule has 4 rings (SSSR count). The SMILES string of the molecule is COCCC[C@H]1CC[C@H]([C@H]2CO[C@H]([C@H]3CC[C@H](c4ccc(Cl)cc4)CC3)OC2)CC1. The first-order chi connectivity index (χ1) is 14.7. The zero-order valence-corrected chi connectivity index (χ0v) is 19.3. The van der Waals surface area contributed by atoms with Crippen LogP contribution in [0.15, 0.2) is 24.3 Å². The van der Waals surface area contributed by atoms with Crippen LogP contribution in [0.5, 0.6) is 0 Å². The number of methoxy groups -OCH3 is 1. The summed E-state index contributed by atoms with van der Waals surface area (Å²) >= 11 is 6.04. The van der Waals surface area contributed by atoms with Crippen molar-refractivity contribution in [2.45, 2.75) is 76.4 Å². The summed E-state index contributed by atoms with van der Waals surface area (Å²) in [6.45, 7) is 2.72. The summed E-state index contributed by atoms with van der Waals surface area (Å²) in [5.74, 6) is 3.53. The molecule has 2 saturated carbocycles. The minimum Gasteiger partial charge on any atom is -0.385 e. The van der Waals surface area contributed by atoms with Crippen LogP contribution in [-0.2, 0) is 14.2 Å². The van der Waals surface area contributed by atoms with Crippen molar-refractivity contribution in [2.24, 2.45) is 23.7 Å². The van der Waals surface area contributed by atoms with Crippen LogP contribution in [0.1, 0.15) is 75.7 Å². The molecule has 168 valence electrons. The van der Waals surface area contributed by atoms with Gasteiger partial charge < -0.3 is 14.2 Å². The van der Waals surface area contributed by atoms with E-state index in [9.17, 15) is 0 Å². The molecule has 0 unspecified atom stereocenters. The molecule has 1 aliphatic heterocycles. The normalized spacial score (nSPS) is 35.3. The van der Waals surface area contributed by atoms with E-state index in [1.165, 1.54) is 69.8 Å². The lowest BCUT2D eigenvalue weighted by Gasteiger charge is -2.41. The van der Waals surface area contributed by atoms with Gasteiger partial charge in [-0.05, 0) is 86.8 Å². The summed E-state index contributed by atoms with van der Waals surface area (Å²) in [4.78, 5) is 0. The van der Waals surface area contributed by atoms with E-state index in [1.807, 2.05) is 12.1 Å². The molecule has 3 fully saturated rings. The lowest BCUT2D eigenvalue weighted by Crippen LogP contribution is -2.41. The quantitative estimate of drug-likeness (QED) is 0.440. The second-order valence-corrected chi connectivity index (χ2v) is 10.3. The van der Waals surface area contributed by atoms with Crippen molar-refractivity contribution in [1.82, 2.24) is 0 Å². The van der Waals surface area contributed by atoms with Gasteiger partial charge in [-0.2, -0.15) is 0 Å². The van der Waals surface area contributed by atoms with E-state index in [0.717, 1.165) is 36.7 Å². The van der Waals surface area contributed by atoms with Gasteiger partial charge in [0.25, 0.3) is 0 Å². The maximum Gasteiger partial charge on any atom is 0.160 e. The summed E-state index contributed by atoms with van der Waals surface area (Å²) in [6.07, 6.45) is 12.9. The third-order valence-electron chi connectivity index (χ3n) is 7.97. The lowest BCUT2D eigenvalue weighted by atomic mass is 9.74. The Morgan fingerprint density at radius 3 is 2.10 bits per heavy atom. The Labute approximate surface area is 187 Å². The third-order valence-corrected chi connectivity index (χ3v) is 8.22. The Morgan fingerprint density at radius 2 is 1.47 bits per heavy atom. The molecule has 0 radical (unpaired) electrons. The summed E-state index contributed by atoms with van der Waals surface area (Å²) in [5, 5.41) is 0.825. The molecule has 3 aliphatic rings. The van der Waals surface area contributed by atoms with Crippen LogP contribution in [0.2, 0.25) is 5.02 Å². The molecular weight excluding hydrogens is 396 g/mol. The minimum atomic E-state index is 0.0257. The largest absolute Gasteiger partial charge is 0.385 e. The zero-order valence-electron chi connectivity index (χ0n) is 18.6. The van der Waals surface area contributed by atoms with Crippen LogP contribution in [0.3, 0.4) is 0 Å². The Kier molecular flexibility index (Phi) is 8.51. The summed E-state index contributed by atoms with van der Waals surface area (Å²) < 4.78 is 17.8. The maximum atomic E-state index is 6.29. The fraction of sp³-hybridized carbons (Fsp3) is 0.769. The molecule has 3 nitrogen and oxygen atoms in total. The van der Waals surface area contributed by atoms with Crippen LogP contribution in [-0.4, -0.2) is 33.2 Å². The minimum absolute atomic E-state index is 0.0257. The monoisotopic (exact) mass is 434 g/mol. The van der Waals surface area contributed by atoms with Crippen molar-refractivity contribution in [2.75, 3.05) is 26.9 Å². The van der Waals surface area contributed by atoms with Gasteiger partial charge in [-0.15, -0.1) is 0 Å². The molecule has 0 N–H and O–H groups in total. The summed E-state index contributed by atoms with van der Waals surface area (Å²) in [7, 11) is 1.80. The van der Waals surface area contributed by atoms with Crippen molar-refractivity contribution < 1.29 is 14.2 Å². The van der Waals surface area contributed by atoms with Crippen LogP contribution in [0.4, 0.5) is 0 Å². The Bertz CT molecular complexity index is 610. The second-order valence-electron chi connectivity index (χ2n) is 9.87. The highest BCUT2D eigenvalue weighted by atomic mass is 35.5. The van der Waals surface area contributed by atoms with Gasteiger partial charge in [0, 0.05) is 30.6 Å². The standard InChI is InChI=1S/C26H39ClO3/c1-28-16-2-3-19-4-6-22(7-5-19)24-17-29-26(30-18-24)23-10-8-20(9-11-23)21-12-14-25(27)15-13-21/h12-15,19-20,22-24,26H,2-11,16-18H2,1H3/t19-,20-,22-,23-,24-,26-. The molecule has 30 heavy (non-hydrogen) atoms. The molecule has 1 saturated heterocycles. The van der Waals surface area contributed by atoms with E-state index in [1.54, 1.807) is 7.11 Å². The van der Waals surface area contributed by atoms with Crippen molar-refractivity contribution in [3.8, 4) is 0 Å². The molecule has 2 aliphatic carbocycles. The van der Waals surface area contributed by atoms with Gasteiger partial charge >= 0.3 is 0 Å². The van der Waals surface area contributed by atoms with E-state index in [0.29, 0.717) is 17.8 Å². The first kappa shape index (κ1) is 22.6. The smallest absolute Gasteiger partial charge is 0.160 e. The lowest BCUT2D eigenvalue weighted by molar-refractivity contribution is -0.236. The van der Waals surface area contributed by atoms with Crippen molar-refractivity contribution in [3.05, 3.63) is 34.9 Å². The molecule has 0 atom stereocenters. The first-order valence-electron chi connectivity index (χ1n) is 12.2. The Morgan fingerprint density at radius 1 is 0.833 bits per heavy atom. The zero-order chi connectivity index (χ0) is 20.8. The number of hydrogen-bond donors (Lipinski definition) is 0. The van der Waals surface area contributed by atoms with Crippen molar-refractivity contribution in [1.29, 1.82) is 0 Å². The molecule has 0 spiro atoms. The molecule has 0 amide bonds. The third kappa shape index (κ3) is 6.00. The topological polar surface area (TPSA) is 27.7 Å². The number of hydrogen-bond acceptors (Lipinski definition) is 3. The van der Waals surface area contributed by atoms with Crippen molar-refractivity contribution in [3.63, 3.8) is 0 Å². The fourth-order valence-electron chi connectivity index (χ4n) is 6.00. The van der Waals surface area contributed by atoms with E-state index < -0.39 is 0 Å². The Balaban J connectivity index is 1.15. The number of ether oxygens (including phenoxy) is 3. The van der Waals surface area contributed by atoms with Gasteiger partial charge in [-0.25, -0.2) is 0 Å². The average Bonchev–Trinajstić information content (AvgIpc) is 2.81. The van der Waals surface area contributed by atoms with Gasteiger partial charge in [-0.1, -0.05) is 36.6 Å². The van der Waals surface area contributed by atoms with E-state index >= 15 is 0 Å². The molecule has 0 aromatic heterocycles. The molecular formula is C26H39ClO3. The first-order valence-corrected chi connectivity index (χ1v) is 12.6. The van der Waals surface area contributed by atoms with Gasteiger partial charge in [0.2, 0.25) is 0 Å². The summed E-state index contributed by atoms with van der Waals surface area (Å²) in [5.41, 5.74) is 1.43.